The molecule has 2 heterocycles. The molecule has 0 radical (unpaired) electrons. The number of nitrogens with zero attached hydrogens (tertiary/aromatic N) is 2. The van der Waals surface area contributed by atoms with Crippen molar-refractivity contribution in [3.05, 3.63) is 16.8 Å². The maximum Gasteiger partial charge on any atom is 0.159 e. The Kier molecular flexibility index (Phi) is 5.87. The van der Waals surface area contributed by atoms with E-state index in [4.69, 9.17) is 22.7 Å². The fourth-order valence-electron chi connectivity index (χ4n) is 2.77. The van der Waals surface area contributed by atoms with E-state index in [0.717, 1.165) is 68.1 Å². The summed E-state index contributed by atoms with van der Waals surface area (Å²) in [6.07, 6.45) is 3.90. The first-order valence-electron chi connectivity index (χ1n) is 7.67. The number of ether oxygens (including phenoxy) is 1. The average Bonchev–Trinajstić information content (AvgIpc) is 2.99. The Morgan fingerprint density at radius 1 is 1.38 bits per heavy atom. The standard InChI is InChI=1S/C15H24N4OS/c1-3-11-12(4-2)18-19-15(13(11)14(16)21)17-7-5-10-6-8-20-9-10/h10H,3-9H2,1-2H3,(H2,16,21)(H,17,19). The van der Waals surface area contributed by atoms with Gasteiger partial charge in [-0.3, -0.25) is 0 Å². The van der Waals surface area contributed by atoms with Crippen LogP contribution in [-0.4, -0.2) is 34.9 Å². The van der Waals surface area contributed by atoms with Crippen molar-refractivity contribution in [2.45, 2.75) is 39.5 Å². The van der Waals surface area contributed by atoms with Crippen molar-refractivity contribution in [2.75, 3.05) is 25.1 Å². The SMILES string of the molecule is CCc1nnc(NCCC2CCOC2)c(C(N)=S)c1CC. The maximum absolute atomic E-state index is 5.91. The molecule has 0 spiro atoms. The van der Waals surface area contributed by atoms with Crippen LogP contribution >= 0.6 is 12.2 Å². The van der Waals surface area contributed by atoms with Crippen LogP contribution in [0.2, 0.25) is 0 Å². The van der Waals surface area contributed by atoms with E-state index in [1.807, 2.05) is 0 Å². The van der Waals surface area contributed by atoms with Crippen LogP contribution in [0.5, 0.6) is 0 Å². The van der Waals surface area contributed by atoms with E-state index < -0.39 is 0 Å². The molecule has 1 atom stereocenters. The zero-order chi connectivity index (χ0) is 15.2. The van der Waals surface area contributed by atoms with Crippen molar-refractivity contribution in [1.82, 2.24) is 10.2 Å². The van der Waals surface area contributed by atoms with Gasteiger partial charge in [0, 0.05) is 19.8 Å². The van der Waals surface area contributed by atoms with Crippen LogP contribution in [0.1, 0.15) is 43.5 Å². The highest BCUT2D eigenvalue weighted by molar-refractivity contribution is 7.80. The van der Waals surface area contributed by atoms with Crippen molar-refractivity contribution < 1.29 is 4.74 Å². The molecule has 0 saturated carbocycles. The van der Waals surface area contributed by atoms with E-state index in [-0.39, 0.29) is 0 Å². The van der Waals surface area contributed by atoms with Crippen LogP contribution in [0, 0.1) is 5.92 Å². The molecule has 3 N–H and O–H groups in total. The predicted octanol–water partition coefficient (Wildman–Crippen LogP) is 2.07. The fourth-order valence-corrected chi connectivity index (χ4v) is 2.99. The van der Waals surface area contributed by atoms with Gasteiger partial charge >= 0.3 is 0 Å². The van der Waals surface area contributed by atoms with Gasteiger partial charge in [0.2, 0.25) is 0 Å². The maximum atomic E-state index is 5.91. The van der Waals surface area contributed by atoms with E-state index in [1.165, 1.54) is 0 Å². The summed E-state index contributed by atoms with van der Waals surface area (Å²) < 4.78 is 5.39. The summed E-state index contributed by atoms with van der Waals surface area (Å²) in [4.78, 5) is 0.392. The molecule has 21 heavy (non-hydrogen) atoms. The lowest BCUT2D eigenvalue weighted by atomic mass is 10.0. The molecule has 6 heteroatoms. The van der Waals surface area contributed by atoms with Crippen molar-refractivity contribution in [2.24, 2.45) is 11.7 Å². The highest BCUT2D eigenvalue weighted by Crippen LogP contribution is 2.22. The number of hydrogen-bond acceptors (Lipinski definition) is 5. The zero-order valence-corrected chi connectivity index (χ0v) is 13.6. The first kappa shape index (κ1) is 16.1. The number of thiocarbonyl (C=S) groups is 1. The van der Waals surface area contributed by atoms with E-state index in [1.54, 1.807) is 0 Å². The Labute approximate surface area is 131 Å². The van der Waals surface area contributed by atoms with Gasteiger partial charge in [0.05, 0.1) is 11.3 Å². The quantitative estimate of drug-likeness (QED) is 0.751. The first-order valence-corrected chi connectivity index (χ1v) is 8.08. The second-order valence-electron chi connectivity index (χ2n) is 5.37. The molecule has 5 nitrogen and oxygen atoms in total. The summed E-state index contributed by atoms with van der Waals surface area (Å²) >= 11 is 5.22. The third-order valence-corrected chi connectivity index (χ3v) is 4.17. The highest BCUT2D eigenvalue weighted by Gasteiger charge is 2.18. The molecule has 0 aliphatic carbocycles. The van der Waals surface area contributed by atoms with Crippen LogP contribution in [0.25, 0.3) is 0 Å². The van der Waals surface area contributed by atoms with E-state index in [2.05, 4.69) is 29.4 Å². The number of nitrogens with one attached hydrogen (secondary N) is 1. The predicted molar refractivity (Wildman–Crippen MR) is 88.7 cm³/mol. The fraction of sp³-hybridized carbons (Fsp3) is 0.667. The molecule has 1 aliphatic heterocycles. The van der Waals surface area contributed by atoms with Gasteiger partial charge in [-0.15, -0.1) is 5.10 Å². The number of aryl methyl sites for hydroxylation is 1. The topological polar surface area (TPSA) is 73.1 Å². The van der Waals surface area contributed by atoms with Gasteiger partial charge in [0.1, 0.15) is 4.99 Å². The molecule has 1 fully saturated rings. The van der Waals surface area contributed by atoms with Gasteiger partial charge in [0.15, 0.2) is 5.82 Å². The molecule has 1 aromatic rings. The number of aromatic nitrogens is 2. The molecule has 1 saturated heterocycles. The monoisotopic (exact) mass is 308 g/mol. The molecule has 116 valence electrons. The van der Waals surface area contributed by atoms with Crippen molar-refractivity contribution in [3.8, 4) is 0 Å². The van der Waals surface area contributed by atoms with E-state index in [0.29, 0.717) is 10.9 Å². The summed E-state index contributed by atoms with van der Waals surface area (Å²) in [5.41, 5.74) is 8.87. The largest absolute Gasteiger partial charge is 0.389 e. The first-order chi connectivity index (χ1) is 10.2. The van der Waals surface area contributed by atoms with Crippen molar-refractivity contribution >= 4 is 23.0 Å². The van der Waals surface area contributed by atoms with Crippen LogP contribution in [0.3, 0.4) is 0 Å². The molecule has 0 aromatic carbocycles. The van der Waals surface area contributed by atoms with Gasteiger partial charge in [-0.1, -0.05) is 26.1 Å². The second-order valence-corrected chi connectivity index (χ2v) is 5.81. The summed E-state index contributed by atoms with van der Waals surface area (Å²) in [6, 6.07) is 0. The molecule has 1 aromatic heterocycles. The number of nitrogens with two attached hydrogens (primary N) is 1. The molecule has 1 unspecified atom stereocenters. The van der Waals surface area contributed by atoms with Gasteiger partial charge in [-0.2, -0.15) is 5.10 Å². The normalized spacial score (nSPS) is 17.9. The van der Waals surface area contributed by atoms with Crippen molar-refractivity contribution in [3.63, 3.8) is 0 Å². The third-order valence-electron chi connectivity index (χ3n) is 3.96. The minimum absolute atomic E-state index is 0.392. The lowest BCUT2D eigenvalue weighted by Gasteiger charge is -2.16. The summed E-state index contributed by atoms with van der Waals surface area (Å²) in [6.45, 7) is 6.75. The van der Waals surface area contributed by atoms with E-state index in [9.17, 15) is 0 Å². The summed E-state index contributed by atoms with van der Waals surface area (Å²) in [5, 5.41) is 11.9. The van der Waals surface area contributed by atoms with Gasteiger partial charge < -0.3 is 15.8 Å². The Bertz CT molecular complexity index is 501. The second kappa shape index (κ2) is 7.66. The Morgan fingerprint density at radius 2 is 2.19 bits per heavy atom. The van der Waals surface area contributed by atoms with Crippen LogP contribution in [-0.2, 0) is 17.6 Å². The Hall–Kier alpha value is -1.27. The molecular formula is C15H24N4OS. The number of rotatable bonds is 7. The third kappa shape index (κ3) is 3.89. The minimum Gasteiger partial charge on any atom is -0.389 e. The lowest BCUT2D eigenvalue weighted by Crippen LogP contribution is -2.20. The highest BCUT2D eigenvalue weighted by atomic mass is 32.1. The minimum atomic E-state index is 0.392. The van der Waals surface area contributed by atoms with Gasteiger partial charge in [-0.25, -0.2) is 0 Å². The molecular weight excluding hydrogens is 284 g/mol. The molecule has 2 rings (SSSR count). The summed E-state index contributed by atoms with van der Waals surface area (Å²) in [7, 11) is 0. The molecule has 0 amide bonds. The molecule has 1 aliphatic rings. The zero-order valence-electron chi connectivity index (χ0n) is 12.8. The van der Waals surface area contributed by atoms with Gasteiger partial charge in [-0.05, 0) is 37.2 Å². The van der Waals surface area contributed by atoms with E-state index >= 15 is 0 Å². The summed E-state index contributed by atoms with van der Waals surface area (Å²) in [5.74, 6) is 1.36. The molecule has 0 bridgehead atoms. The van der Waals surface area contributed by atoms with Crippen molar-refractivity contribution in [1.29, 1.82) is 0 Å². The van der Waals surface area contributed by atoms with Crippen LogP contribution in [0.4, 0.5) is 5.82 Å². The van der Waals surface area contributed by atoms with Crippen LogP contribution < -0.4 is 11.1 Å². The Balaban J connectivity index is 2.12. The average molecular weight is 308 g/mol. The lowest BCUT2D eigenvalue weighted by molar-refractivity contribution is 0.185. The Morgan fingerprint density at radius 3 is 2.76 bits per heavy atom. The smallest absolute Gasteiger partial charge is 0.159 e. The van der Waals surface area contributed by atoms with Gasteiger partial charge in [0.25, 0.3) is 0 Å². The number of hydrogen-bond donors (Lipinski definition) is 2. The van der Waals surface area contributed by atoms with Crippen LogP contribution in [0.15, 0.2) is 0 Å². The number of anilines is 1.